The molecule has 0 atom stereocenters. The van der Waals surface area contributed by atoms with E-state index in [0.29, 0.717) is 5.69 Å². The summed E-state index contributed by atoms with van der Waals surface area (Å²) in [7, 11) is 0. The van der Waals surface area contributed by atoms with Crippen molar-refractivity contribution in [2.75, 3.05) is 4.90 Å². The molecule has 0 bridgehead atoms. The first kappa shape index (κ1) is 16.5. The maximum Gasteiger partial charge on any atom is 0.433 e. The van der Waals surface area contributed by atoms with E-state index >= 15 is 0 Å². The fourth-order valence-corrected chi connectivity index (χ4v) is 2.53. The molecule has 9 heteroatoms. The summed E-state index contributed by atoms with van der Waals surface area (Å²) in [5.41, 5.74) is 1.26. The molecule has 2 aromatic rings. The molecule has 0 spiro atoms. The number of thiocarbonyl (C=S) groups is 1. The molecule has 126 valence electrons. The topological polar surface area (TPSA) is 106 Å². The van der Waals surface area contributed by atoms with Crippen LogP contribution < -0.4 is 10.2 Å². The number of rotatable bonds is 3. The second-order valence-corrected chi connectivity index (χ2v) is 5.61. The Hall–Kier alpha value is -3.33. The van der Waals surface area contributed by atoms with E-state index in [4.69, 9.17) is 16.6 Å². The van der Waals surface area contributed by atoms with Gasteiger partial charge in [-0.15, -0.1) is 0 Å². The van der Waals surface area contributed by atoms with Gasteiger partial charge >= 0.3 is 5.88 Å². The molecule has 1 fully saturated rings. The van der Waals surface area contributed by atoms with Crippen molar-refractivity contribution in [1.82, 2.24) is 5.32 Å². The summed E-state index contributed by atoms with van der Waals surface area (Å²) in [6, 6.07) is 9.45. The molecule has 0 aliphatic carbocycles. The van der Waals surface area contributed by atoms with Crippen LogP contribution in [0.5, 0.6) is 0 Å². The van der Waals surface area contributed by atoms with Crippen LogP contribution in [0.4, 0.5) is 11.6 Å². The van der Waals surface area contributed by atoms with Crippen LogP contribution in [0.3, 0.4) is 0 Å². The molecule has 8 nitrogen and oxygen atoms in total. The minimum atomic E-state index is -0.710. The Morgan fingerprint density at radius 3 is 2.48 bits per heavy atom. The Morgan fingerprint density at radius 1 is 1.20 bits per heavy atom. The SMILES string of the molecule is Cc1ccc(N2C(=O)/C(=C/c3ccc([N+](=O)[O-])o3)C(=O)NC2=S)cc1. The number of anilines is 1. The molecule has 0 saturated carbocycles. The number of carbonyl (C=O) groups is 2. The van der Waals surface area contributed by atoms with Gasteiger partial charge in [0, 0.05) is 0 Å². The van der Waals surface area contributed by atoms with Gasteiger partial charge in [-0.2, -0.15) is 0 Å². The maximum atomic E-state index is 12.7. The fraction of sp³-hybridized carbons (Fsp3) is 0.0625. The van der Waals surface area contributed by atoms with E-state index in [1.165, 1.54) is 11.0 Å². The molecule has 0 unspecified atom stereocenters. The molecule has 2 amide bonds. The molecular weight excluding hydrogens is 346 g/mol. The third-order valence-corrected chi connectivity index (χ3v) is 3.76. The lowest BCUT2D eigenvalue weighted by Gasteiger charge is -2.28. The number of furan rings is 1. The van der Waals surface area contributed by atoms with Crippen molar-refractivity contribution in [1.29, 1.82) is 0 Å². The Bertz CT molecular complexity index is 930. The van der Waals surface area contributed by atoms with Gasteiger partial charge in [0.15, 0.2) is 5.11 Å². The summed E-state index contributed by atoms with van der Waals surface area (Å²) in [6.45, 7) is 1.90. The van der Waals surface area contributed by atoms with Crippen molar-refractivity contribution in [2.45, 2.75) is 6.92 Å². The van der Waals surface area contributed by atoms with Crippen LogP contribution in [-0.4, -0.2) is 21.9 Å². The van der Waals surface area contributed by atoms with Crippen LogP contribution in [0.15, 0.2) is 46.4 Å². The molecule has 1 aliphatic rings. The summed E-state index contributed by atoms with van der Waals surface area (Å²) >= 11 is 5.09. The van der Waals surface area contributed by atoms with E-state index in [0.717, 1.165) is 17.7 Å². The third-order valence-electron chi connectivity index (χ3n) is 3.47. The van der Waals surface area contributed by atoms with Gasteiger partial charge in [-0.05, 0) is 43.4 Å². The number of amides is 2. The summed E-state index contributed by atoms with van der Waals surface area (Å²) in [6.07, 6.45) is 1.15. The normalized spacial score (nSPS) is 16.3. The summed E-state index contributed by atoms with van der Waals surface area (Å²) in [4.78, 5) is 35.9. The van der Waals surface area contributed by atoms with E-state index in [-0.39, 0.29) is 16.4 Å². The van der Waals surface area contributed by atoms with E-state index < -0.39 is 22.6 Å². The van der Waals surface area contributed by atoms with Gasteiger partial charge in [0.1, 0.15) is 16.3 Å². The largest absolute Gasteiger partial charge is 0.433 e. The molecule has 1 N–H and O–H groups in total. The second-order valence-electron chi connectivity index (χ2n) is 5.23. The first-order chi connectivity index (χ1) is 11.9. The van der Waals surface area contributed by atoms with Crippen molar-refractivity contribution < 1.29 is 18.9 Å². The van der Waals surface area contributed by atoms with E-state index in [1.807, 2.05) is 6.92 Å². The Morgan fingerprint density at radius 2 is 1.88 bits per heavy atom. The molecular formula is C16H11N3O5S. The number of nitrogens with one attached hydrogen (secondary N) is 1. The predicted molar refractivity (Wildman–Crippen MR) is 92.7 cm³/mol. The Kier molecular flexibility index (Phi) is 4.15. The van der Waals surface area contributed by atoms with Gasteiger partial charge in [0.2, 0.25) is 0 Å². The molecule has 2 heterocycles. The van der Waals surface area contributed by atoms with E-state index in [1.54, 1.807) is 24.3 Å². The van der Waals surface area contributed by atoms with Crippen LogP contribution in [0, 0.1) is 17.0 Å². The molecule has 3 rings (SSSR count). The standard InChI is InChI=1S/C16H11N3O5S/c1-9-2-4-10(5-3-9)18-15(21)12(14(20)17-16(18)25)8-11-6-7-13(24-11)19(22)23/h2-8H,1H3,(H,17,20,25)/b12-8+. The average Bonchev–Trinajstić information content (AvgIpc) is 3.02. The molecule has 1 aromatic heterocycles. The van der Waals surface area contributed by atoms with Gasteiger partial charge in [0.05, 0.1) is 11.8 Å². The van der Waals surface area contributed by atoms with Crippen LogP contribution in [-0.2, 0) is 9.59 Å². The molecule has 1 aromatic carbocycles. The highest BCUT2D eigenvalue weighted by atomic mass is 32.1. The van der Waals surface area contributed by atoms with Crippen molar-refractivity contribution in [2.24, 2.45) is 0 Å². The lowest BCUT2D eigenvalue weighted by molar-refractivity contribution is -0.402. The fourth-order valence-electron chi connectivity index (χ4n) is 2.25. The number of nitro groups is 1. The Balaban J connectivity index is 1.98. The second kappa shape index (κ2) is 6.29. The molecule has 0 radical (unpaired) electrons. The van der Waals surface area contributed by atoms with Gasteiger partial charge in [-0.3, -0.25) is 29.9 Å². The molecule has 1 saturated heterocycles. The number of aryl methyl sites for hydroxylation is 1. The van der Waals surface area contributed by atoms with Crippen LogP contribution in [0.2, 0.25) is 0 Å². The number of hydrogen-bond acceptors (Lipinski definition) is 6. The van der Waals surface area contributed by atoms with Crippen molar-refractivity contribution in [3.63, 3.8) is 0 Å². The van der Waals surface area contributed by atoms with E-state index in [9.17, 15) is 19.7 Å². The lowest BCUT2D eigenvalue weighted by atomic mass is 10.1. The van der Waals surface area contributed by atoms with Gasteiger partial charge in [0.25, 0.3) is 11.8 Å². The van der Waals surface area contributed by atoms with E-state index in [2.05, 4.69) is 5.32 Å². The summed E-state index contributed by atoms with van der Waals surface area (Å²) in [5.74, 6) is -1.81. The predicted octanol–water partition coefficient (Wildman–Crippen LogP) is 2.33. The zero-order valence-corrected chi connectivity index (χ0v) is 13.7. The monoisotopic (exact) mass is 357 g/mol. The third kappa shape index (κ3) is 3.17. The van der Waals surface area contributed by atoms with Gasteiger partial charge in [-0.25, -0.2) is 0 Å². The first-order valence-electron chi connectivity index (χ1n) is 7.09. The number of benzene rings is 1. The number of nitrogens with zero attached hydrogens (tertiary/aromatic N) is 2. The highest BCUT2D eigenvalue weighted by Crippen LogP contribution is 2.24. The highest BCUT2D eigenvalue weighted by Gasteiger charge is 2.34. The van der Waals surface area contributed by atoms with Crippen molar-refractivity contribution in [3.05, 3.63) is 63.4 Å². The average molecular weight is 357 g/mol. The first-order valence-corrected chi connectivity index (χ1v) is 7.50. The smallest absolute Gasteiger partial charge is 0.401 e. The quantitative estimate of drug-likeness (QED) is 0.297. The Labute approximate surface area is 146 Å². The van der Waals surface area contributed by atoms with Crippen molar-refractivity contribution in [3.8, 4) is 0 Å². The molecule has 25 heavy (non-hydrogen) atoms. The minimum absolute atomic E-state index is 0.0156. The zero-order chi connectivity index (χ0) is 18.1. The summed E-state index contributed by atoms with van der Waals surface area (Å²) < 4.78 is 4.97. The number of hydrogen-bond donors (Lipinski definition) is 1. The highest BCUT2D eigenvalue weighted by molar-refractivity contribution is 7.80. The van der Waals surface area contributed by atoms with Crippen LogP contribution in [0.25, 0.3) is 6.08 Å². The summed E-state index contributed by atoms with van der Waals surface area (Å²) in [5, 5.41) is 13.0. The maximum absolute atomic E-state index is 12.7. The van der Waals surface area contributed by atoms with Crippen molar-refractivity contribution >= 4 is 46.8 Å². The van der Waals surface area contributed by atoms with Crippen LogP contribution >= 0.6 is 12.2 Å². The lowest BCUT2D eigenvalue weighted by Crippen LogP contribution is -2.54. The minimum Gasteiger partial charge on any atom is -0.401 e. The van der Waals surface area contributed by atoms with Crippen LogP contribution in [0.1, 0.15) is 11.3 Å². The number of carbonyl (C=O) groups excluding carboxylic acids is 2. The zero-order valence-electron chi connectivity index (χ0n) is 12.9. The van der Waals surface area contributed by atoms with Gasteiger partial charge in [-0.1, -0.05) is 17.7 Å². The molecule has 1 aliphatic heterocycles. The van der Waals surface area contributed by atoms with Gasteiger partial charge < -0.3 is 4.42 Å².